The molecule has 1 atom stereocenters. The van der Waals surface area contributed by atoms with Gasteiger partial charge in [0.15, 0.2) is 0 Å². The van der Waals surface area contributed by atoms with Gasteiger partial charge in [-0.05, 0) is 46.4 Å². The zero-order chi connectivity index (χ0) is 13.8. The highest BCUT2D eigenvalue weighted by atomic mass is 127. The van der Waals surface area contributed by atoms with Crippen LogP contribution in [0.15, 0.2) is 42.5 Å². The van der Waals surface area contributed by atoms with Gasteiger partial charge < -0.3 is 9.47 Å². The molecule has 100 valence electrons. The van der Waals surface area contributed by atoms with Crippen LogP contribution < -0.4 is 9.47 Å². The molecule has 0 heterocycles. The molecule has 19 heavy (non-hydrogen) atoms. The number of alkyl halides is 1. The topological polar surface area (TPSA) is 18.5 Å². The van der Waals surface area contributed by atoms with E-state index >= 15 is 0 Å². The van der Waals surface area contributed by atoms with Gasteiger partial charge in [0.25, 0.3) is 0 Å². The van der Waals surface area contributed by atoms with Gasteiger partial charge in [0, 0.05) is 15.2 Å². The van der Waals surface area contributed by atoms with E-state index in [0.717, 1.165) is 26.2 Å². The SMILES string of the molecule is COc1ccc(C(Cl)c2ccccc2I)c(OC)c1. The van der Waals surface area contributed by atoms with E-state index in [2.05, 4.69) is 22.6 Å². The molecule has 0 aromatic heterocycles. The van der Waals surface area contributed by atoms with E-state index in [1.807, 2.05) is 42.5 Å². The highest BCUT2D eigenvalue weighted by Gasteiger charge is 2.18. The van der Waals surface area contributed by atoms with Crippen molar-refractivity contribution in [2.24, 2.45) is 0 Å². The van der Waals surface area contributed by atoms with E-state index in [1.54, 1.807) is 14.2 Å². The van der Waals surface area contributed by atoms with E-state index in [9.17, 15) is 0 Å². The molecule has 0 saturated carbocycles. The summed E-state index contributed by atoms with van der Waals surface area (Å²) >= 11 is 8.88. The monoisotopic (exact) mass is 388 g/mol. The minimum Gasteiger partial charge on any atom is -0.497 e. The van der Waals surface area contributed by atoms with Crippen LogP contribution in [0.4, 0.5) is 0 Å². The van der Waals surface area contributed by atoms with Crippen LogP contribution in [0.3, 0.4) is 0 Å². The maximum Gasteiger partial charge on any atom is 0.127 e. The van der Waals surface area contributed by atoms with Crippen molar-refractivity contribution in [3.8, 4) is 11.5 Å². The van der Waals surface area contributed by atoms with Gasteiger partial charge in [-0.2, -0.15) is 0 Å². The van der Waals surface area contributed by atoms with Crippen LogP contribution in [0.1, 0.15) is 16.5 Å². The van der Waals surface area contributed by atoms with Crippen molar-refractivity contribution >= 4 is 34.2 Å². The van der Waals surface area contributed by atoms with E-state index in [4.69, 9.17) is 21.1 Å². The van der Waals surface area contributed by atoms with Crippen LogP contribution in [0.2, 0.25) is 0 Å². The van der Waals surface area contributed by atoms with E-state index < -0.39 is 0 Å². The Morgan fingerprint density at radius 3 is 2.37 bits per heavy atom. The number of methoxy groups -OCH3 is 2. The molecule has 2 aromatic rings. The Morgan fingerprint density at radius 1 is 1.00 bits per heavy atom. The summed E-state index contributed by atoms with van der Waals surface area (Å²) in [6.45, 7) is 0. The molecule has 0 aliphatic rings. The van der Waals surface area contributed by atoms with Gasteiger partial charge in [-0.25, -0.2) is 0 Å². The van der Waals surface area contributed by atoms with Crippen molar-refractivity contribution in [2.45, 2.75) is 5.38 Å². The fourth-order valence-electron chi connectivity index (χ4n) is 1.88. The lowest BCUT2D eigenvalue weighted by molar-refractivity contribution is 0.391. The molecule has 1 unspecified atom stereocenters. The molecular formula is C15H14ClIO2. The number of rotatable bonds is 4. The second kappa shape index (κ2) is 6.48. The zero-order valence-corrected chi connectivity index (χ0v) is 13.6. The molecule has 0 spiro atoms. The lowest BCUT2D eigenvalue weighted by Gasteiger charge is -2.16. The standard InChI is InChI=1S/C15H14ClIO2/c1-18-10-7-8-12(14(9-10)19-2)15(16)11-5-3-4-6-13(11)17/h3-9,15H,1-2H3. The fraction of sp³-hybridized carbons (Fsp3) is 0.200. The van der Waals surface area contributed by atoms with Gasteiger partial charge >= 0.3 is 0 Å². The van der Waals surface area contributed by atoms with Crippen LogP contribution in [0.25, 0.3) is 0 Å². The molecule has 0 radical (unpaired) electrons. The number of benzene rings is 2. The van der Waals surface area contributed by atoms with Crippen LogP contribution >= 0.6 is 34.2 Å². The van der Waals surface area contributed by atoms with Gasteiger partial charge in [-0.1, -0.05) is 18.2 Å². The highest BCUT2D eigenvalue weighted by molar-refractivity contribution is 14.1. The van der Waals surface area contributed by atoms with E-state index in [1.165, 1.54) is 0 Å². The van der Waals surface area contributed by atoms with Gasteiger partial charge in [0.1, 0.15) is 11.5 Å². The van der Waals surface area contributed by atoms with Gasteiger partial charge in [-0.15, -0.1) is 11.6 Å². The van der Waals surface area contributed by atoms with Crippen molar-refractivity contribution in [1.29, 1.82) is 0 Å². The molecular weight excluding hydrogens is 375 g/mol. The second-order valence-electron chi connectivity index (χ2n) is 3.99. The highest BCUT2D eigenvalue weighted by Crippen LogP contribution is 2.38. The third-order valence-corrected chi connectivity index (χ3v) is 4.34. The van der Waals surface area contributed by atoms with Gasteiger partial charge in [-0.3, -0.25) is 0 Å². The smallest absolute Gasteiger partial charge is 0.127 e. The third-order valence-electron chi connectivity index (χ3n) is 2.89. The van der Waals surface area contributed by atoms with Crippen molar-refractivity contribution in [3.63, 3.8) is 0 Å². The fourth-order valence-corrected chi connectivity index (χ4v) is 3.13. The quantitative estimate of drug-likeness (QED) is 0.561. The van der Waals surface area contributed by atoms with Crippen LogP contribution in [0, 0.1) is 3.57 Å². The summed E-state index contributed by atoms with van der Waals surface area (Å²) < 4.78 is 11.7. The molecule has 2 rings (SSSR count). The molecule has 2 nitrogen and oxygen atoms in total. The minimum absolute atomic E-state index is 0.242. The molecule has 0 fully saturated rings. The van der Waals surface area contributed by atoms with Gasteiger partial charge in [0.2, 0.25) is 0 Å². The van der Waals surface area contributed by atoms with Crippen molar-refractivity contribution in [3.05, 3.63) is 57.2 Å². The van der Waals surface area contributed by atoms with Crippen molar-refractivity contribution < 1.29 is 9.47 Å². The largest absolute Gasteiger partial charge is 0.497 e. The Bertz CT molecular complexity index is 572. The molecule has 2 aromatic carbocycles. The predicted molar refractivity (Wildman–Crippen MR) is 86.4 cm³/mol. The Balaban J connectivity index is 2.44. The number of hydrogen-bond donors (Lipinski definition) is 0. The summed E-state index contributed by atoms with van der Waals surface area (Å²) in [5.41, 5.74) is 2.02. The molecule has 0 amide bonds. The molecule has 0 aliphatic carbocycles. The average Bonchev–Trinajstić information content (AvgIpc) is 2.46. The normalized spacial score (nSPS) is 12.0. The zero-order valence-electron chi connectivity index (χ0n) is 10.7. The van der Waals surface area contributed by atoms with Crippen molar-refractivity contribution in [1.82, 2.24) is 0 Å². The summed E-state index contributed by atoms with van der Waals surface area (Å²) in [7, 11) is 3.27. The predicted octanol–water partition coefficient (Wildman–Crippen LogP) is 4.64. The first kappa shape index (κ1) is 14.5. The Labute approximate surface area is 131 Å². The lowest BCUT2D eigenvalue weighted by Crippen LogP contribution is -2.00. The number of ether oxygens (including phenoxy) is 2. The maximum absolute atomic E-state index is 6.59. The average molecular weight is 389 g/mol. The van der Waals surface area contributed by atoms with Crippen molar-refractivity contribution in [2.75, 3.05) is 14.2 Å². The van der Waals surface area contributed by atoms with E-state index in [-0.39, 0.29) is 5.38 Å². The first-order valence-corrected chi connectivity index (χ1v) is 7.29. The van der Waals surface area contributed by atoms with Gasteiger partial charge in [0.05, 0.1) is 19.6 Å². The Morgan fingerprint density at radius 2 is 1.74 bits per heavy atom. The Kier molecular flexibility index (Phi) is 4.93. The molecule has 0 bridgehead atoms. The summed E-state index contributed by atoms with van der Waals surface area (Å²) in [6.07, 6.45) is 0. The third kappa shape index (κ3) is 3.15. The van der Waals surface area contributed by atoms with Crippen LogP contribution in [-0.2, 0) is 0 Å². The van der Waals surface area contributed by atoms with E-state index in [0.29, 0.717) is 0 Å². The first-order chi connectivity index (χ1) is 9.17. The summed E-state index contributed by atoms with van der Waals surface area (Å²) in [6, 6.07) is 13.7. The Hall–Kier alpha value is -0.940. The lowest BCUT2D eigenvalue weighted by atomic mass is 10.0. The maximum atomic E-state index is 6.59. The molecule has 0 N–H and O–H groups in total. The molecule has 0 saturated heterocycles. The number of halogens is 2. The molecule has 0 aliphatic heterocycles. The molecule has 4 heteroatoms. The van der Waals surface area contributed by atoms with Crippen LogP contribution in [-0.4, -0.2) is 14.2 Å². The summed E-state index contributed by atoms with van der Waals surface area (Å²) in [4.78, 5) is 0. The first-order valence-electron chi connectivity index (χ1n) is 5.77. The number of hydrogen-bond acceptors (Lipinski definition) is 2. The summed E-state index contributed by atoms with van der Waals surface area (Å²) in [5, 5.41) is -0.242. The summed E-state index contributed by atoms with van der Waals surface area (Å²) in [5.74, 6) is 1.49. The second-order valence-corrected chi connectivity index (χ2v) is 5.59. The van der Waals surface area contributed by atoms with Crippen LogP contribution in [0.5, 0.6) is 11.5 Å². The minimum atomic E-state index is -0.242.